The van der Waals surface area contributed by atoms with Gasteiger partial charge in [0.15, 0.2) is 11.6 Å². The lowest BCUT2D eigenvalue weighted by Gasteiger charge is -2.28. The molecule has 5 nitrogen and oxygen atoms in total. The molecule has 0 bridgehead atoms. The van der Waals surface area contributed by atoms with Gasteiger partial charge < -0.3 is 14.2 Å². The van der Waals surface area contributed by atoms with Crippen molar-refractivity contribution >= 4 is 11.8 Å². The summed E-state index contributed by atoms with van der Waals surface area (Å²) in [5, 5.41) is 0. The lowest BCUT2D eigenvalue weighted by Crippen LogP contribution is -2.30. The van der Waals surface area contributed by atoms with Crippen molar-refractivity contribution in [3.8, 4) is 0 Å². The number of allylic oxidation sites excluding steroid dienone is 4. The summed E-state index contributed by atoms with van der Waals surface area (Å²) in [7, 11) is 0. The first-order chi connectivity index (χ1) is 15.5. The van der Waals surface area contributed by atoms with Crippen LogP contribution in [0.5, 0.6) is 0 Å². The predicted octanol–water partition coefficient (Wildman–Crippen LogP) is 6.46. The second-order valence-electron chi connectivity index (χ2n) is 9.42. The van der Waals surface area contributed by atoms with Crippen LogP contribution < -0.4 is 0 Å². The molecular weight excluding hydrogens is 404 g/mol. The minimum atomic E-state index is -0.445. The number of carbonyl (C=O) groups is 2. The van der Waals surface area contributed by atoms with E-state index >= 15 is 0 Å². The molecule has 1 fully saturated rings. The highest BCUT2D eigenvalue weighted by molar-refractivity contribution is 5.98. The molecule has 0 radical (unpaired) electrons. The standard InChI is InChI=1S/C27H44O5/c1-4-5-6-8-11-17-27(31-20-21-32-27)18-16-23-14-15-25(28)24(23)13-10-7-9-12-19-30-26(29)22(2)3/h7,10,22H,4-6,8-9,11-21H2,1-3H3. The zero-order valence-corrected chi connectivity index (χ0v) is 20.6. The van der Waals surface area contributed by atoms with Crippen molar-refractivity contribution in [2.45, 2.75) is 110 Å². The second kappa shape index (κ2) is 14.6. The van der Waals surface area contributed by atoms with E-state index in [9.17, 15) is 9.59 Å². The van der Waals surface area contributed by atoms with Gasteiger partial charge in [0.05, 0.1) is 25.7 Å². The Morgan fingerprint density at radius 2 is 1.78 bits per heavy atom. The van der Waals surface area contributed by atoms with Gasteiger partial charge in [0.2, 0.25) is 0 Å². The normalized spacial score (nSPS) is 18.4. The smallest absolute Gasteiger partial charge is 0.308 e. The fourth-order valence-corrected chi connectivity index (χ4v) is 4.41. The van der Waals surface area contributed by atoms with Gasteiger partial charge in [0.25, 0.3) is 0 Å². The number of ether oxygens (including phenoxy) is 3. The van der Waals surface area contributed by atoms with Crippen LogP contribution >= 0.6 is 0 Å². The molecule has 2 rings (SSSR count). The van der Waals surface area contributed by atoms with E-state index in [4.69, 9.17) is 14.2 Å². The summed E-state index contributed by atoms with van der Waals surface area (Å²) in [6.45, 7) is 7.72. The van der Waals surface area contributed by atoms with E-state index in [2.05, 4.69) is 19.1 Å². The van der Waals surface area contributed by atoms with Crippen LogP contribution in [-0.4, -0.2) is 37.4 Å². The van der Waals surface area contributed by atoms with E-state index < -0.39 is 5.79 Å². The molecule has 1 aliphatic heterocycles. The summed E-state index contributed by atoms with van der Waals surface area (Å²) in [6, 6.07) is 0. The van der Waals surface area contributed by atoms with Crippen molar-refractivity contribution in [2.75, 3.05) is 19.8 Å². The molecular formula is C27H44O5. The molecule has 1 aliphatic carbocycles. The molecule has 0 aromatic heterocycles. The summed E-state index contributed by atoms with van der Waals surface area (Å²) in [4.78, 5) is 23.9. The number of Topliss-reactive ketones (excluding diaryl/α,β-unsaturated/α-hetero) is 1. The maximum Gasteiger partial charge on any atom is 0.308 e. The van der Waals surface area contributed by atoms with Crippen LogP contribution in [0.15, 0.2) is 23.3 Å². The Bertz CT molecular complexity index is 640. The zero-order chi connectivity index (χ0) is 23.2. The maximum atomic E-state index is 12.4. The fourth-order valence-electron chi connectivity index (χ4n) is 4.41. The summed E-state index contributed by atoms with van der Waals surface area (Å²) >= 11 is 0. The minimum Gasteiger partial charge on any atom is -0.465 e. The third-order valence-corrected chi connectivity index (χ3v) is 6.42. The van der Waals surface area contributed by atoms with Crippen LogP contribution in [0.25, 0.3) is 0 Å². The summed E-state index contributed by atoms with van der Waals surface area (Å²) in [5.41, 5.74) is 2.28. The summed E-state index contributed by atoms with van der Waals surface area (Å²) < 4.78 is 17.3. The number of rotatable bonds is 16. The van der Waals surface area contributed by atoms with Crippen molar-refractivity contribution in [3.63, 3.8) is 0 Å². The van der Waals surface area contributed by atoms with Crippen molar-refractivity contribution in [1.29, 1.82) is 0 Å². The number of hydrogen-bond donors (Lipinski definition) is 0. The van der Waals surface area contributed by atoms with E-state index in [0.717, 1.165) is 50.5 Å². The second-order valence-corrected chi connectivity index (χ2v) is 9.42. The molecule has 182 valence electrons. The summed E-state index contributed by atoms with van der Waals surface area (Å²) in [5.74, 6) is -0.379. The molecule has 0 aromatic rings. The summed E-state index contributed by atoms with van der Waals surface area (Å²) in [6.07, 6.45) is 16.9. The van der Waals surface area contributed by atoms with E-state index in [-0.39, 0.29) is 17.7 Å². The van der Waals surface area contributed by atoms with Crippen molar-refractivity contribution in [3.05, 3.63) is 23.3 Å². The van der Waals surface area contributed by atoms with Crippen molar-refractivity contribution < 1.29 is 23.8 Å². The molecule has 0 amide bonds. The Hall–Kier alpha value is -1.46. The number of carbonyl (C=O) groups excluding carboxylic acids is 2. The monoisotopic (exact) mass is 448 g/mol. The van der Waals surface area contributed by atoms with Gasteiger partial charge in [0.1, 0.15) is 0 Å². The van der Waals surface area contributed by atoms with Crippen LogP contribution in [-0.2, 0) is 23.8 Å². The quantitative estimate of drug-likeness (QED) is 0.154. The highest BCUT2D eigenvalue weighted by Crippen LogP contribution is 2.36. The van der Waals surface area contributed by atoms with Crippen LogP contribution in [0.3, 0.4) is 0 Å². The van der Waals surface area contributed by atoms with Crippen molar-refractivity contribution in [1.82, 2.24) is 0 Å². The third-order valence-electron chi connectivity index (χ3n) is 6.42. The third kappa shape index (κ3) is 9.19. The first kappa shape index (κ1) is 26.8. The first-order valence-corrected chi connectivity index (χ1v) is 12.8. The molecule has 0 unspecified atom stereocenters. The molecule has 0 N–H and O–H groups in total. The van der Waals surface area contributed by atoms with Gasteiger partial charge in [-0.1, -0.05) is 64.2 Å². The minimum absolute atomic E-state index is 0.0792. The van der Waals surface area contributed by atoms with Gasteiger partial charge in [-0.15, -0.1) is 0 Å². The van der Waals surface area contributed by atoms with Gasteiger partial charge in [-0.2, -0.15) is 0 Å². The average molecular weight is 449 g/mol. The first-order valence-electron chi connectivity index (χ1n) is 12.8. The van der Waals surface area contributed by atoms with Crippen LogP contribution in [0.1, 0.15) is 104 Å². The van der Waals surface area contributed by atoms with Gasteiger partial charge in [0, 0.05) is 19.3 Å². The average Bonchev–Trinajstić information content (AvgIpc) is 3.38. The Kier molecular flexibility index (Phi) is 12.3. The number of ketones is 1. The Balaban J connectivity index is 1.77. The Labute approximate surface area is 195 Å². The van der Waals surface area contributed by atoms with Crippen LogP contribution in [0, 0.1) is 5.92 Å². The van der Waals surface area contributed by atoms with E-state index in [1.165, 1.54) is 31.3 Å². The van der Waals surface area contributed by atoms with Gasteiger partial charge in [-0.3, -0.25) is 9.59 Å². The molecule has 32 heavy (non-hydrogen) atoms. The molecule has 0 atom stereocenters. The molecule has 1 heterocycles. The molecule has 5 heteroatoms. The molecule has 0 saturated carbocycles. The topological polar surface area (TPSA) is 61.8 Å². The largest absolute Gasteiger partial charge is 0.465 e. The number of esters is 1. The van der Waals surface area contributed by atoms with Gasteiger partial charge >= 0.3 is 5.97 Å². The van der Waals surface area contributed by atoms with Gasteiger partial charge in [-0.25, -0.2) is 0 Å². The SMILES string of the molecule is CCCCCCCC1(CCC2=C(CC=CCCCOC(=O)C(C)C)C(=O)CC2)OCCO1. The number of hydrogen-bond acceptors (Lipinski definition) is 5. The van der Waals surface area contributed by atoms with E-state index in [0.29, 0.717) is 32.7 Å². The maximum absolute atomic E-state index is 12.4. The lowest BCUT2D eigenvalue weighted by molar-refractivity contribution is -0.167. The van der Waals surface area contributed by atoms with Gasteiger partial charge in [-0.05, 0) is 44.1 Å². The number of unbranched alkanes of at least 4 members (excludes halogenated alkanes) is 5. The fraction of sp³-hybridized carbons (Fsp3) is 0.778. The van der Waals surface area contributed by atoms with E-state index in [1.807, 2.05) is 13.8 Å². The molecule has 2 aliphatic rings. The van der Waals surface area contributed by atoms with Crippen LogP contribution in [0.4, 0.5) is 0 Å². The Morgan fingerprint density at radius 1 is 1.03 bits per heavy atom. The molecule has 1 saturated heterocycles. The Morgan fingerprint density at radius 3 is 2.50 bits per heavy atom. The molecule has 0 spiro atoms. The van der Waals surface area contributed by atoms with Crippen LogP contribution in [0.2, 0.25) is 0 Å². The molecule has 0 aromatic carbocycles. The van der Waals surface area contributed by atoms with E-state index in [1.54, 1.807) is 0 Å². The van der Waals surface area contributed by atoms with Crippen molar-refractivity contribution in [2.24, 2.45) is 5.92 Å². The predicted molar refractivity (Wildman–Crippen MR) is 127 cm³/mol. The zero-order valence-electron chi connectivity index (χ0n) is 20.6. The highest BCUT2D eigenvalue weighted by atomic mass is 16.7. The lowest BCUT2D eigenvalue weighted by atomic mass is 9.96. The highest BCUT2D eigenvalue weighted by Gasteiger charge is 2.36.